The highest BCUT2D eigenvalue weighted by Gasteiger charge is 2.32. The van der Waals surface area contributed by atoms with Crippen LogP contribution in [0.15, 0.2) is 54.6 Å². The quantitative estimate of drug-likeness (QED) is 0.761. The molecule has 0 aromatic heterocycles. The molecule has 6 nitrogen and oxygen atoms in total. The van der Waals surface area contributed by atoms with Crippen molar-refractivity contribution in [2.75, 3.05) is 23.4 Å². The maximum Gasteiger partial charge on any atom is 0.246 e. The van der Waals surface area contributed by atoms with E-state index >= 15 is 0 Å². The molecule has 0 saturated carbocycles. The maximum atomic E-state index is 13.0. The molecular formula is C20H24N2O4S. The Morgan fingerprint density at radius 3 is 2.52 bits per heavy atom. The highest BCUT2D eigenvalue weighted by molar-refractivity contribution is 7.91. The van der Waals surface area contributed by atoms with Gasteiger partial charge in [0.05, 0.1) is 23.8 Å². The van der Waals surface area contributed by atoms with E-state index in [-0.39, 0.29) is 23.5 Å². The lowest BCUT2D eigenvalue weighted by Gasteiger charge is -2.23. The largest absolute Gasteiger partial charge is 0.492 e. The van der Waals surface area contributed by atoms with E-state index in [4.69, 9.17) is 4.74 Å². The van der Waals surface area contributed by atoms with Crippen LogP contribution in [0.25, 0.3) is 0 Å². The van der Waals surface area contributed by atoms with E-state index in [9.17, 15) is 13.2 Å². The fourth-order valence-corrected chi connectivity index (χ4v) is 4.87. The molecule has 1 fully saturated rings. The van der Waals surface area contributed by atoms with Crippen molar-refractivity contribution >= 4 is 21.4 Å². The van der Waals surface area contributed by atoms with Crippen molar-refractivity contribution in [3.8, 4) is 5.75 Å². The van der Waals surface area contributed by atoms with Gasteiger partial charge in [0, 0.05) is 6.04 Å². The zero-order valence-corrected chi connectivity index (χ0v) is 16.0. The van der Waals surface area contributed by atoms with Crippen molar-refractivity contribution < 1.29 is 17.9 Å². The zero-order chi connectivity index (χ0) is 19.3. The van der Waals surface area contributed by atoms with Crippen LogP contribution in [0.3, 0.4) is 0 Å². The van der Waals surface area contributed by atoms with Crippen LogP contribution in [-0.2, 0) is 14.6 Å². The zero-order valence-electron chi connectivity index (χ0n) is 15.2. The molecule has 0 bridgehead atoms. The summed E-state index contributed by atoms with van der Waals surface area (Å²) in [5.74, 6) is 0.557. The minimum absolute atomic E-state index is 0.0547. The van der Waals surface area contributed by atoms with Gasteiger partial charge in [-0.05, 0) is 31.0 Å². The first-order valence-electron chi connectivity index (χ1n) is 9.02. The fraction of sp³-hybridized carbons (Fsp3) is 0.350. The van der Waals surface area contributed by atoms with E-state index in [2.05, 4.69) is 10.6 Å². The molecule has 1 saturated heterocycles. The molecule has 2 aromatic rings. The lowest BCUT2D eigenvalue weighted by molar-refractivity contribution is -0.118. The molecule has 144 valence electrons. The molecule has 3 rings (SSSR count). The van der Waals surface area contributed by atoms with Crippen LogP contribution in [-0.4, -0.2) is 38.5 Å². The molecule has 0 spiro atoms. The molecule has 1 aliphatic rings. The van der Waals surface area contributed by atoms with E-state index in [0.29, 0.717) is 24.5 Å². The highest BCUT2D eigenvalue weighted by atomic mass is 32.2. The Morgan fingerprint density at radius 1 is 1.15 bits per heavy atom. The summed E-state index contributed by atoms with van der Waals surface area (Å²) in [6.07, 6.45) is 0.508. The number of rotatable bonds is 7. The maximum absolute atomic E-state index is 13.0. The van der Waals surface area contributed by atoms with Gasteiger partial charge in [0.25, 0.3) is 0 Å². The van der Waals surface area contributed by atoms with Crippen molar-refractivity contribution in [3.05, 3.63) is 60.2 Å². The Kier molecular flexibility index (Phi) is 6.13. The van der Waals surface area contributed by atoms with Crippen LogP contribution < -0.4 is 15.4 Å². The molecule has 1 amide bonds. The van der Waals surface area contributed by atoms with Crippen LogP contribution in [0.2, 0.25) is 0 Å². The molecule has 1 aliphatic heterocycles. The van der Waals surface area contributed by atoms with E-state index in [1.165, 1.54) is 0 Å². The first kappa shape index (κ1) is 19.4. The number of sulfone groups is 1. The van der Waals surface area contributed by atoms with Crippen molar-refractivity contribution in [1.29, 1.82) is 0 Å². The predicted octanol–water partition coefficient (Wildman–Crippen LogP) is 2.54. The molecule has 2 atom stereocenters. The van der Waals surface area contributed by atoms with Crippen LogP contribution in [0.4, 0.5) is 5.69 Å². The Morgan fingerprint density at radius 2 is 1.85 bits per heavy atom. The number of hydrogen-bond acceptors (Lipinski definition) is 5. The van der Waals surface area contributed by atoms with E-state index in [1.807, 2.05) is 49.4 Å². The summed E-state index contributed by atoms with van der Waals surface area (Å²) in [4.78, 5) is 13.0. The average molecular weight is 388 g/mol. The van der Waals surface area contributed by atoms with Gasteiger partial charge >= 0.3 is 0 Å². The number of carbonyl (C=O) groups excluding carboxylic acids is 1. The second-order valence-electron chi connectivity index (χ2n) is 6.53. The lowest BCUT2D eigenvalue weighted by atomic mass is 10.0. The van der Waals surface area contributed by atoms with Gasteiger partial charge in [-0.15, -0.1) is 0 Å². The number of hydrogen-bond donors (Lipinski definition) is 2. The normalized spacial score (nSPS) is 19.4. The van der Waals surface area contributed by atoms with Crippen LogP contribution in [0.1, 0.15) is 24.9 Å². The number of carbonyl (C=O) groups is 1. The molecule has 0 aliphatic carbocycles. The summed E-state index contributed by atoms with van der Waals surface area (Å²) in [5, 5.41) is 6.14. The molecule has 2 aromatic carbocycles. The minimum Gasteiger partial charge on any atom is -0.492 e. The monoisotopic (exact) mass is 388 g/mol. The summed E-state index contributed by atoms with van der Waals surface area (Å²) in [5.41, 5.74) is 1.37. The molecule has 0 radical (unpaired) electrons. The van der Waals surface area contributed by atoms with Crippen molar-refractivity contribution in [2.45, 2.75) is 25.4 Å². The van der Waals surface area contributed by atoms with E-state index in [0.717, 1.165) is 5.56 Å². The van der Waals surface area contributed by atoms with Gasteiger partial charge in [-0.2, -0.15) is 0 Å². The molecule has 27 heavy (non-hydrogen) atoms. The van der Waals surface area contributed by atoms with E-state index in [1.54, 1.807) is 12.1 Å². The van der Waals surface area contributed by atoms with Gasteiger partial charge in [-0.25, -0.2) is 8.42 Å². The second kappa shape index (κ2) is 8.54. The number of para-hydroxylation sites is 2. The number of benzene rings is 2. The standard InChI is InChI=1S/C20H24N2O4S/c1-2-26-18-11-7-6-10-17(18)22-20(23)19(15-8-4-3-5-9-15)21-16-12-13-27(24,25)14-16/h3-11,16,19,21H,2,12-14H2,1H3,(H,22,23). The molecule has 2 N–H and O–H groups in total. The molecule has 2 unspecified atom stereocenters. The van der Waals surface area contributed by atoms with Crippen LogP contribution >= 0.6 is 0 Å². The van der Waals surface area contributed by atoms with Gasteiger partial charge in [0.2, 0.25) is 5.91 Å². The summed E-state index contributed by atoms with van der Waals surface area (Å²) < 4.78 is 29.1. The summed E-state index contributed by atoms with van der Waals surface area (Å²) in [6, 6.07) is 15.7. The summed E-state index contributed by atoms with van der Waals surface area (Å²) in [6.45, 7) is 2.38. The summed E-state index contributed by atoms with van der Waals surface area (Å²) in [7, 11) is -3.04. The van der Waals surface area contributed by atoms with Crippen molar-refractivity contribution in [1.82, 2.24) is 5.32 Å². The number of ether oxygens (including phenoxy) is 1. The van der Waals surface area contributed by atoms with Gasteiger partial charge < -0.3 is 10.1 Å². The van der Waals surface area contributed by atoms with Crippen LogP contribution in [0, 0.1) is 0 Å². The molecule has 1 heterocycles. The first-order chi connectivity index (χ1) is 13.0. The van der Waals surface area contributed by atoms with Gasteiger partial charge in [-0.3, -0.25) is 10.1 Å². The third kappa shape index (κ3) is 5.08. The Hall–Kier alpha value is -2.38. The second-order valence-corrected chi connectivity index (χ2v) is 8.76. The van der Waals surface area contributed by atoms with Gasteiger partial charge in [0.1, 0.15) is 11.8 Å². The average Bonchev–Trinajstić information content (AvgIpc) is 3.01. The Labute approximate surface area is 159 Å². The smallest absolute Gasteiger partial charge is 0.246 e. The number of nitrogens with one attached hydrogen (secondary N) is 2. The predicted molar refractivity (Wildman–Crippen MR) is 106 cm³/mol. The number of amides is 1. The highest BCUT2D eigenvalue weighted by Crippen LogP contribution is 2.26. The van der Waals surface area contributed by atoms with Gasteiger partial charge in [0.15, 0.2) is 9.84 Å². The molecule has 7 heteroatoms. The number of anilines is 1. The topological polar surface area (TPSA) is 84.5 Å². The van der Waals surface area contributed by atoms with Crippen LogP contribution in [0.5, 0.6) is 5.75 Å². The molecular weight excluding hydrogens is 364 g/mol. The lowest BCUT2D eigenvalue weighted by Crippen LogP contribution is -2.40. The fourth-order valence-electron chi connectivity index (χ4n) is 3.19. The Balaban J connectivity index is 1.81. The minimum atomic E-state index is -3.04. The van der Waals surface area contributed by atoms with Crippen molar-refractivity contribution in [2.24, 2.45) is 0 Å². The first-order valence-corrected chi connectivity index (χ1v) is 10.8. The van der Waals surface area contributed by atoms with Gasteiger partial charge in [-0.1, -0.05) is 42.5 Å². The third-order valence-corrected chi connectivity index (χ3v) is 6.24. The van der Waals surface area contributed by atoms with Crippen molar-refractivity contribution in [3.63, 3.8) is 0 Å². The van der Waals surface area contributed by atoms with E-state index < -0.39 is 15.9 Å². The third-order valence-electron chi connectivity index (χ3n) is 4.47. The SMILES string of the molecule is CCOc1ccccc1NC(=O)C(NC1CCS(=O)(=O)C1)c1ccccc1. The Bertz CT molecular complexity index is 884. The summed E-state index contributed by atoms with van der Waals surface area (Å²) >= 11 is 0.